The van der Waals surface area contributed by atoms with E-state index in [1.807, 2.05) is 25.6 Å². The van der Waals surface area contributed by atoms with Crippen LogP contribution in [-0.4, -0.2) is 34.3 Å². The van der Waals surface area contributed by atoms with E-state index < -0.39 is 0 Å². The van der Waals surface area contributed by atoms with E-state index in [9.17, 15) is 0 Å². The Hall–Kier alpha value is -1.59. The standard InChI is InChI=1S/C16H30N6/c1-12(2)9-16(7-6-8-16)11-19-15(17-4)18-10-14-21-20-13(3)22(14)5/h12H,6-11H2,1-5H3,(H2,17,18,19). The van der Waals surface area contributed by atoms with Gasteiger partial charge in [-0.1, -0.05) is 20.3 Å². The Labute approximate surface area is 133 Å². The van der Waals surface area contributed by atoms with E-state index in [4.69, 9.17) is 0 Å². The number of aliphatic imine (C=N–C) groups is 1. The predicted octanol–water partition coefficient (Wildman–Crippen LogP) is 2.00. The molecule has 1 heterocycles. The first-order valence-corrected chi connectivity index (χ1v) is 8.25. The fourth-order valence-electron chi connectivity index (χ4n) is 3.26. The number of aromatic nitrogens is 3. The molecule has 0 bridgehead atoms. The molecule has 124 valence electrons. The number of guanidine groups is 1. The van der Waals surface area contributed by atoms with E-state index in [-0.39, 0.29) is 0 Å². The Balaban J connectivity index is 1.84. The minimum Gasteiger partial charge on any atom is -0.356 e. The molecule has 2 N–H and O–H groups in total. The Morgan fingerprint density at radius 3 is 2.50 bits per heavy atom. The van der Waals surface area contributed by atoms with Gasteiger partial charge in [0, 0.05) is 20.6 Å². The predicted molar refractivity (Wildman–Crippen MR) is 89.7 cm³/mol. The molecule has 1 aliphatic carbocycles. The van der Waals surface area contributed by atoms with Crippen molar-refractivity contribution in [1.29, 1.82) is 0 Å². The molecule has 1 saturated carbocycles. The van der Waals surface area contributed by atoms with E-state index in [1.165, 1.54) is 25.7 Å². The Morgan fingerprint density at radius 2 is 2.05 bits per heavy atom. The molecule has 1 aliphatic rings. The SMILES string of the molecule is CN=C(NCc1nnc(C)n1C)NCC1(CC(C)C)CCC1. The van der Waals surface area contributed by atoms with Gasteiger partial charge in [0.15, 0.2) is 11.8 Å². The van der Waals surface area contributed by atoms with Gasteiger partial charge >= 0.3 is 0 Å². The van der Waals surface area contributed by atoms with Gasteiger partial charge in [-0.3, -0.25) is 4.99 Å². The molecule has 0 aromatic carbocycles. The molecule has 0 aliphatic heterocycles. The van der Waals surface area contributed by atoms with Crippen molar-refractivity contribution < 1.29 is 0 Å². The molecular weight excluding hydrogens is 276 g/mol. The minimum atomic E-state index is 0.465. The van der Waals surface area contributed by atoms with Gasteiger partial charge in [0.2, 0.25) is 0 Å². The summed E-state index contributed by atoms with van der Waals surface area (Å²) in [5.41, 5.74) is 0.465. The van der Waals surface area contributed by atoms with E-state index >= 15 is 0 Å². The normalized spacial score (nSPS) is 17.5. The van der Waals surface area contributed by atoms with E-state index in [0.29, 0.717) is 12.0 Å². The van der Waals surface area contributed by atoms with Crippen LogP contribution in [0.15, 0.2) is 4.99 Å². The molecule has 22 heavy (non-hydrogen) atoms. The average Bonchev–Trinajstić information content (AvgIpc) is 2.75. The summed E-state index contributed by atoms with van der Waals surface area (Å²) in [6.45, 7) is 8.21. The summed E-state index contributed by atoms with van der Waals surface area (Å²) in [7, 11) is 3.79. The number of nitrogens with zero attached hydrogens (tertiary/aromatic N) is 4. The maximum absolute atomic E-state index is 4.32. The molecular formula is C16H30N6. The van der Waals surface area contributed by atoms with Crippen LogP contribution >= 0.6 is 0 Å². The lowest BCUT2D eigenvalue weighted by Gasteiger charge is -2.43. The van der Waals surface area contributed by atoms with E-state index in [2.05, 4.69) is 39.7 Å². The lowest BCUT2D eigenvalue weighted by molar-refractivity contribution is 0.104. The van der Waals surface area contributed by atoms with Gasteiger partial charge in [0.05, 0.1) is 6.54 Å². The van der Waals surface area contributed by atoms with Crippen molar-refractivity contribution in [3.63, 3.8) is 0 Å². The smallest absolute Gasteiger partial charge is 0.191 e. The highest BCUT2D eigenvalue weighted by atomic mass is 15.3. The third-order valence-electron chi connectivity index (χ3n) is 4.71. The Bertz CT molecular complexity index is 513. The number of rotatable bonds is 6. The van der Waals surface area contributed by atoms with Crippen molar-refractivity contribution in [2.24, 2.45) is 23.4 Å². The summed E-state index contributed by atoms with van der Waals surface area (Å²) < 4.78 is 1.99. The van der Waals surface area contributed by atoms with Crippen molar-refractivity contribution in [1.82, 2.24) is 25.4 Å². The zero-order chi connectivity index (χ0) is 16.2. The Kier molecular flexibility index (Phi) is 5.42. The third-order valence-corrected chi connectivity index (χ3v) is 4.71. The minimum absolute atomic E-state index is 0.465. The fraction of sp³-hybridized carbons (Fsp3) is 0.812. The summed E-state index contributed by atoms with van der Waals surface area (Å²) >= 11 is 0. The maximum Gasteiger partial charge on any atom is 0.191 e. The molecule has 0 amide bonds. The summed E-state index contributed by atoms with van der Waals surface area (Å²) in [5, 5.41) is 15.1. The first kappa shape index (κ1) is 16.8. The molecule has 0 unspecified atom stereocenters. The van der Waals surface area contributed by atoms with E-state index in [0.717, 1.165) is 30.1 Å². The first-order chi connectivity index (χ1) is 10.5. The summed E-state index contributed by atoms with van der Waals surface area (Å²) in [4.78, 5) is 4.32. The molecule has 6 heteroatoms. The van der Waals surface area contributed by atoms with Crippen molar-refractivity contribution in [2.75, 3.05) is 13.6 Å². The van der Waals surface area contributed by atoms with Crippen LogP contribution < -0.4 is 10.6 Å². The van der Waals surface area contributed by atoms with Gasteiger partial charge in [-0.2, -0.15) is 0 Å². The van der Waals surface area contributed by atoms with Gasteiger partial charge in [0.25, 0.3) is 0 Å². The molecule has 1 fully saturated rings. The largest absolute Gasteiger partial charge is 0.356 e. The molecule has 2 rings (SSSR count). The molecule has 1 aromatic heterocycles. The second kappa shape index (κ2) is 7.11. The second-order valence-corrected chi connectivity index (χ2v) is 6.95. The van der Waals surface area contributed by atoms with Gasteiger partial charge in [-0.05, 0) is 37.5 Å². The molecule has 0 spiro atoms. The topological polar surface area (TPSA) is 67.1 Å². The quantitative estimate of drug-likeness (QED) is 0.623. The van der Waals surface area contributed by atoms with Crippen LogP contribution in [0.25, 0.3) is 0 Å². The van der Waals surface area contributed by atoms with Crippen LogP contribution in [0, 0.1) is 18.3 Å². The van der Waals surface area contributed by atoms with Crippen LogP contribution in [0.2, 0.25) is 0 Å². The highest BCUT2D eigenvalue weighted by Crippen LogP contribution is 2.45. The van der Waals surface area contributed by atoms with Crippen LogP contribution in [0.3, 0.4) is 0 Å². The lowest BCUT2D eigenvalue weighted by atomic mass is 9.64. The average molecular weight is 306 g/mol. The number of hydrogen-bond acceptors (Lipinski definition) is 3. The Morgan fingerprint density at radius 1 is 1.32 bits per heavy atom. The van der Waals surface area contributed by atoms with Crippen LogP contribution in [0.1, 0.15) is 51.2 Å². The van der Waals surface area contributed by atoms with Crippen LogP contribution in [0.5, 0.6) is 0 Å². The number of aryl methyl sites for hydroxylation is 1. The first-order valence-electron chi connectivity index (χ1n) is 8.25. The summed E-state index contributed by atoms with van der Waals surface area (Å²) in [6, 6.07) is 0. The fourth-order valence-corrected chi connectivity index (χ4v) is 3.26. The van der Waals surface area contributed by atoms with Crippen molar-refractivity contribution in [2.45, 2.75) is 53.0 Å². The molecule has 6 nitrogen and oxygen atoms in total. The van der Waals surface area contributed by atoms with E-state index in [1.54, 1.807) is 0 Å². The van der Waals surface area contributed by atoms with Gasteiger partial charge < -0.3 is 15.2 Å². The summed E-state index contributed by atoms with van der Waals surface area (Å²) in [6.07, 6.45) is 5.31. The van der Waals surface area contributed by atoms with Crippen molar-refractivity contribution in [3.8, 4) is 0 Å². The van der Waals surface area contributed by atoms with Gasteiger partial charge in [0.1, 0.15) is 5.82 Å². The molecule has 0 radical (unpaired) electrons. The van der Waals surface area contributed by atoms with Crippen LogP contribution in [-0.2, 0) is 13.6 Å². The second-order valence-electron chi connectivity index (χ2n) is 6.95. The molecule has 1 aromatic rings. The van der Waals surface area contributed by atoms with Gasteiger partial charge in [-0.25, -0.2) is 0 Å². The molecule has 0 atom stereocenters. The third kappa shape index (κ3) is 3.99. The van der Waals surface area contributed by atoms with Crippen molar-refractivity contribution >= 4 is 5.96 Å². The highest BCUT2D eigenvalue weighted by Gasteiger charge is 2.37. The molecule has 0 saturated heterocycles. The number of nitrogens with one attached hydrogen (secondary N) is 2. The lowest BCUT2D eigenvalue weighted by Crippen LogP contribution is -2.46. The van der Waals surface area contributed by atoms with Crippen molar-refractivity contribution in [3.05, 3.63) is 11.6 Å². The van der Waals surface area contributed by atoms with Gasteiger partial charge in [-0.15, -0.1) is 10.2 Å². The number of hydrogen-bond donors (Lipinski definition) is 2. The highest BCUT2D eigenvalue weighted by molar-refractivity contribution is 5.79. The zero-order valence-corrected chi connectivity index (χ0v) is 14.6. The monoisotopic (exact) mass is 306 g/mol. The van der Waals surface area contributed by atoms with Crippen LogP contribution in [0.4, 0.5) is 0 Å². The summed E-state index contributed by atoms with van der Waals surface area (Å²) in [5.74, 6) is 3.43. The zero-order valence-electron chi connectivity index (χ0n) is 14.6. The maximum atomic E-state index is 4.32.